The average Bonchev–Trinajstić information content (AvgIpc) is 2.89. The van der Waals surface area contributed by atoms with E-state index >= 15 is 0 Å². The quantitative estimate of drug-likeness (QED) is 0.890. The van der Waals surface area contributed by atoms with Crippen molar-refractivity contribution < 1.29 is 9.47 Å². The Labute approximate surface area is 106 Å². The molecule has 0 bridgehead atoms. The Morgan fingerprint density at radius 1 is 1.53 bits per heavy atom. The minimum absolute atomic E-state index is 0.0989. The molecule has 5 nitrogen and oxygen atoms in total. The van der Waals surface area contributed by atoms with Gasteiger partial charge in [-0.25, -0.2) is 0 Å². The first-order chi connectivity index (χ1) is 8.24. The van der Waals surface area contributed by atoms with Gasteiger partial charge in [-0.15, -0.1) is 0 Å². The first kappa shape index (κ1) is 10.9. The number of nitrogens with one attached hydrogen (secondary N) is 1. The number of nitrogens with zero attached hydrogens (tertiary/aromatic N) is 1. The van der Waals surface area contributed by atoms with Crippen LogP contribution in [0.25, 0.3) is 10.9 Å². The predicted octanol–water partition coefficient (Wildman–Crippen LogP) is 2.08. The lowest BCUT2D eigenvalue weighted by Gasteiger charge is -2.13. The van der Waals surface area contributed by atoms with Crippen molar-refractivity contribution in [1.82, 2.24) is 10.2 Å². The molecular weight excluding hydrogens is 286 g/mol. The molecule has 0 spiro atoms. The van der Waals surface area contributed by atoms with Crippen LogP contribution in [-0.2, 0) is 4.74 Å². The molecule has 90 valence electrons. The number of hydrogen-bond donors (Lipinski definition) is 2. The molecule has 1 atom stereocenters. The fourth-order valence-corrected chi connectivity index (χ4v) is 2.43. The van der Waals surface area contributed by atoms with Gasteiger partial charge in [0, 0.05) is 10.9 Å². The molecule has 0 amide bonds. The molecule has 0 saturated carbocycles. The molecule has 0 radical (unpaired) electrons. The third-order valence-electron chi connectivity index (χ3n) is 2.80. The van der Waals surface area contributed by atoms with Crippen molar-refractivity contribution in [1.29, 1.82) is 0 Å². The van der Waals surface area contributed by atoms with E-state index in [-0.39, 0.29) is 6.10 Å². The van der Waals surface area contributed by atoms with Crippen LogP contribution in [0.3, 0.4) is 0 Å². The third-order valence-corrected chi connectivity index (χ3v) is 3.26. The summed E-state index contributed by atoms with van der Waals surface area (Å²) in [6.07, 6.45) is 1.01. The van der Waals surface area contributed by atoms with Crippen molar-refractivity contribution in [3.8, 4) is 5.75 Å². The summed E-state index contributed by atoms with van der Waals surface area (Å²) in [5.74, 6) is 1.21. The Bertz CT molecular complexity index is 549. The molecule has 17 heavy (non-hydrogen) atoms. The monoisotopic (exact) mass is 297 g/mol. The van der Waals surface area contributed by atoms with Gasteiger partial charge in [0.15, 0.2) is 5.82 Å². The lowest BCUT2D eigenvalue weighted by atomic mass is 10.2. The molecule has 3 N–H and O–H groups in total. The summed E-state index contributed by atoms with van der Waals surface area (Å²) in [5, 5.41) is 7.70. The molecule has 3 rings (SSSR count). The number of anilines is 1. The number of aromatic nitrogens is 2. The van der Waals surface area contributed by atoms with Crippen molar-refractivity contribution in [3.05, 3.63) is 16.6 Å². The molecule has 1 fully saturated rings. The lowest BCUT2D eigenvalue weighted by molar-refractivity contribution is 0.142. The lowest BCUT2D eigenvalue weighted by Crippen LogP contribution is -2.15. The number of aromatic amines is 1. The standard InChI is InChI=1S/C11H12BrN3O2/c12-6-3-8-10(11(13)15-14-8)9(4-6)17-7-1-2-16-5-7/h3-4,7H,1-2,5H2,(H3,13,14,15)/t7-/m1/s1. The summed E-state index contributed by atoms with van der Waals surface area (Å²) >= 11 is 3.44. The van der Waals surface area contributed by atoms with E-state index in [1.54, 1.807) is 0 Å². The molecular formula is C11H12BrN3O2. The summed E-state index contributed by atoms with van der Waals surface area (Å²) in [6.45, 7) is 1.38. The number of benzene rings is 1. The molecule has 1 aliphatic heterocycles. The number of rotatable bonds is 2. The topological polar surface area (TPSA) is 73.2 Å². The van der Waals surface area contributed by atoms with E-state index in [0.29, 0.717) is 12.4 Å². The van der Waals surface area contributed by atoms with Crippen LogP contribution in [0.1, 0.15) is 6.42 Å². The van der Waals surface area contributed by atoms with Crippen LogP contribution in [0.4, 0.5) is 5.82 Å². The highest BCUT2D eigenvalue weighted by molar-refractivity contribution is 9.10. The van der Waals surface area contributed by atoms with Gasteiger partial charge in [0.2, 0.25) is 0 Å². The Morgan fingerprint density at radius 3 is 3.18 bits per heavy atom. The van der Waals surface area contributed by atoms with Crippen molar-refractivity contribution in [2.75, 3.05) is 18.9 Å². The predicted molar refractivity (Wildman–Crippen MR) is 68.1 cm³/mol. The second-order valence-corrected chi connectivity index (χ2v) is 4.95. The number of H-pyrrole nitrogens is 1. The van der Waals surface area contributed by atoms with Gasteiger partial charge in [0.05, 0.1) is 24.1 Å². The van der Waals surface area contributed by atoms with E-state index in [1.165, 1.54) is 0 Å². The zero-order chi connectivity index (χ0) is 11.8. The summed E-state index contributed by atoms with van der Waals surface area (Å²) in [5.41, 5.74) is 6.70. The summed E-state index contributed by atoms with van der Waals surface area (Å²) < 4.78 is 12.1. The second kappa shape index (κ2) is 4.19. The van der Waals surface area contributed by atoms with Crippen LogP contribution in [0.2, 0.25) is 0 Å². The first-order valence-corrected chi connectivity index (χ1v) is 6.21. The highest BCUT2D eigenvalue weighted by Crippen LogP contribution is 2.33. The zero-order valence-electron chi connectivity index (χ0n) is 9.07. The number of fused-ring (bicyclic) bond motifs is 1. The molecule has 0 unspecified atom stereocenters. The Kier molecular flexibility index (Phi) is 2.68. The molecule has 1 aromatic heterocycles. The van der Waals surface area contributed by atoms with Crippen LogP contribution in [0.5, 0.6) is 5.75 Å². The van der Waals surface area contributed by atoms with Gasteiger partial charge in [-0.3, -0.25) is 5.10 Å². The number of ether oxygens (including phenoxy) is 2. The maximum atomic E-state index is 5.91. The third kappa shape index (κ3) is 1.98. The van der Waals surface area contributed by atoms with E-state index < -0.39 is 0 Å². The first-order valence-electron chi connectivity index (χ1n) is 5.41. The van der Waals surface area contributed by atoms with Gasteiger partial charge in [-0.05, 0) is 12.1 Å². The normalized spacial score (nSPS) is 19.9. The van der Waals surface area contributed by atoms with E-state index in [1.807, 2.05) is 12.1 Å². The maximum absolute atomic E-state index is 5.91. The second-order valence-electron chi connectivity index (χ2n) is 4.04. The van der Waals surface area contributed by atoms with Crippen LogP contribution in [0.15, 0.2) is 16.6 Å². The molecule has 2 heterocycles. The average molecular weight is 298 g/mol. The van der Waals surface area contributed by atoms with Gasteiger partial charge in [0.1, 0.15) is 11.9 Å². The van der Waals surface area contributed by atoms with Crippen LogP contribution >= 0.6 is 15.9 Å². The van der Waals surface area contributed by atoms with E-state index in [4.69, 9.17) is 15.2 Å². The summed E-state index contributed by atoms with van der Waals surface area (Å²) in [6, 6.07) is 3.84. The smallest absolute Gasteiger partial charge is 0.156 e. The SMILES string of the molecule is Nc1n[nH]c2cc(Br)cc(O[C@@H]3CCOC3)c12. The van der Waals surface area contributed by atoms with Gasteiger partial charge in [0.25, 0.3) is 0 Å². The van der Waals surface area contributed by atoms with Crippen molar-refractivity contribution in [2.24, 2.45) is 0 Å². The van der Waals surface area contributed by atoms with E-state index in [9.17, 15) is 0 Å². The van der Waals surface area contributed by atoms with Gasteiger partial charge in [-0.1, -0.05) is 15.9 Å². The number of halogens is 1. The summed E-state index contributed by atoms with van der Waals surface area (Å²) in [4.78, 5) is 0. The largest absolute Gasteiger partial charge is 0.487 e. The van der Waals surface area contributed by atoms with Gasteiger partial charge in [-0.2, -0.15) is 5.10 Å². The number of hydrogen-bond acceptors (Lipinski definition) is 4. The molecule has 6 heteroatoms. The van der Waals surface area contributed by atoms with Crippen molar-refractivity contribution >= 4 is 32.7 Å². The molecule has 1 saturated heterocycles. The minimum atomic E-state index is 0.0989. The maximum Gasteiger partial charge on any atom is 0.156 e. The molecule has 1 aromatic carbocycles. The van der Waals surface area contributed by atoms with Gasteiger partial charge < -0.3 is 15.2 Å². The van der Waals surface area contributed by atoms with Crippen molar-refractivity contribution in [2.45, 2.75) is 12.5 Å². The highest BCUT2D eigenvalue weighted by Gasteiger charge is 2.20. The number of nitrogens with two attached hydrogens (primary N) is 1. The van der Waals surface area contributed by atoms with Crippen LogP contribution in [0, 0.1) is 0 Å². The minimum Gasteiger partial charge on any atom is -0.487 e. The Morgan fingerprint density at radius 2 is 2.41 bits per heavy atom. The Balaban J connectivity index is 2.03. The summed E-state index contributed by atoms with van der Waals surface area (Å²) in [7, 11) is 0. The zero-order valence-corrected chi connectivity index (χ0v) is 10.7. The highest BCUT2D eigenvalue weighted by atomic mass is 79.9. The fourth-order valence-electron chi connectivity index (χ4n) is 1.99. The number of nitrogen functional groups attached to an aromatic ring is 1. The molecule has 0 aliphatic carbocycles. The van der Waals surface area contributed by atoms with Gasteiger partial charge >= 0.3 is 0 Å². The van der Waals surface area contributed by atoms with E-state index in [2.05, 4.69) is 26.1 Å². The molecule has 1 aliphatic rings. The van der Waals surface area contributed by atoms with E-state index in [0.717, 1.165) is 34.2 Å². The molecule has 2 aromatic rings. The Hall–Kier alpha value is -1.27. The van der Waals surface area contributed by atoms with Crippen molar-refractivity contribution in [3.63, 3.8) is 0 Å². The van der Waals surface area contributed by atoms with Crippen LogP contribution < -0.4 is 10.5 Å². The fraction of sp³-hybridized carbons (Fsp3) is 0.364. The van der Waals surface area contributed by atoms with Crippen LogP contribution in [-0.4, -0.2) is 29.5 Å².